The van der Waals surface area contributed by atoms with Crippen molar-refractivity contribution in [2.75, 3.05) is 7.11 Å². The number of imidazole rings is 1. The molecule has 2 rings (SSSR count). The summed E-state index contributed by atoms with van der Waals surface area (Å²) in [7, 11) is 1.44. The van der Waals surface area contributed by atoms with Crippen molar-refractivity contribution in [1.29, 1.82) is 0 Å². The lowest BCUT2D eigenvalue weighted by atomic mass is 9.98. The highest BCUT2D eigenvalue weighted by molar-refractivity contribution is 5.72. The first kappa shape index (κ1) is 8.29. The van der Waals surface area contributed by atoms with Gasteiger partial charge in [-0.2, -0.15) is 0 Å². The zero-order chi connectivity index (χ0) is 9.26. The van der Waals surface area contributed by atoms with Gasteiger partial charge < -0.3 is 9.30 Å². The summed E-state index contributed by atoms with van der Waals surface area (Å²) in [6.45, 7) is 0.710. The normalized spacial score (nSPS) is 20.8. The van der Waals surface area contributed by atoms with Gasteiger partial charge in [0.25, 0.3) is 0 Å². The van der Waals surface area contributed by atoms with Gasteiger partial charge >= 0.3 is 5.97 Å². The molecule has 0 amide bonds. The van der Waals surface area contributed by atoms with Gasteiger partial charge in [0.15, 0.2) is 0 Å². The third-order valence-corrected chi connectivity index (χ3v) is 2.50. The summed E-state index contributed by atoms with van der Waals surface area (Å²) < 4.78 is 6.73. The van der Waals surface area contributed by atoms with Crippen LogP contribution in [0.3, 0.4) is 0 Å². The highest BCUT2D eigenvalue weighted by Gasteiger charge is 2.24. The predicted molar refractivity (Wildman–Crippen MR) is 46.1 cm³/mol. The number of rotatable bonds is 1. The van der Waals surface area contributed by atoms with Gasteiger partial charge in [0, 0.05) is 18.4 Å². The molecule has 1 aliphatic rings. The van der Waals surface area contributed by atoms with Crippen LogP contribution < -0.4 is 0 Å². The summed E-state index contributed by atoms with van der Waals surface area (Å²) in [6, 6.07) is 0. The molecule has 1 aromatic heterocycles. The van der Waals surface area contributed by atoms with E-state index in [2.05, 4.69) is 4.98 Å². The lowest BCUT2D eigenvalue weighted by Gasteiger charge is -2.21. The van der Waals surface area contributed by atoms with Crippen LogP contribution in [0.2, 0.25) is 0 Å². The monoisotopic (exact) mass is 180 g/mol. The first-order chi connectivity index (χ1) is 6.31. The van der Waals surface area contributed by atoms with Crippen LogP contribution >= 0.6 is 0 Å². The van der Waals surface area contributed by atoms with Crippen LogP contribution in [-0.2, 0) is 22.5 Å². The second kappa shape index (κ2) is 3.20. The number of fused-ring (bicyclic) bond motifs is 1. The number of methoxy groups -OCH3 is 1. The third kappa shape index (κ3) is 1.43. The summed E-state index contributed by atoms with van der Waals surface area (Å²) in [5.74, 6) is -0.106. The van der Waals surface area contributed by atoms with Gasteiger partial charge in [-0.15, -0.1) is 0 Å². The summed E-state index contributed by atoms with van der Waals surface area (Å²) in [4.78, 5) is 15.3. The van der Waals surface area contributed by atoms with E-state index in [0.717, 1.165) is 12.8 Å². The third-order valence-electron chi connectivity index (χ3n) is 2.50. The molecule has 70 valence electrons. The fourth-order valence-electron chi connectivity index (χ4n) is 1.73. The molecule has 0 bridgehead atoms. The number of carbonyl (C=O) groups is 1. The van der Waals surface area contributed by atoms with Crippen molar-refractivity contribution in [2.45, 2.75) is 19.4 Å². The number of aromatic nitrogens is 2. The lowest BCUT2D eigenvalue weighted by Crippen LogP contribution is -2.27. The maximum atomic E-state index is 11.2. The van der Waals surface area contributed by atoms with Gasteiger partial charge in [-0.1, -0.05) is 0 Å². The van der Waals surface area contributed by atoms with E-state index in [9.17, 15) is 4.79 Å². The minimum atomic E-state index is -0.112. The Kier molecular flexibility index (Phi) is 2.04. The molecule has 2 heterocycles. The molecule has 4 nitrogen and oxygen atoms in total. The zero-order valence-corrected chi connectivity index (χ0v) is 7.56. The quantitative estimate of drug-likeness (QED) is 0.595. The van der Waals surface area contributed by atoms with E-state index in [-0.39, 0.29) is 11.9 Å². The standard InChI is InChI=1S/C9H12N2O2/c1-13-9(12)7-2-3-8-4-10-6-11(8)5-7/h4,6-7H,2-3,5H2,1H3. The number of carbonyl (C=O) groups excluding carboxylic acids is 1. The molecule has 0 aromatic carbocycles. The average Bonchev–Trinajstić information content (AvgIpc) is 2.63. The summed E-state index contributed by atoms with van der Waals surface area (Å²) in [5.41, 5.74) is 1.21. The van der Waals surface area contributed by atoms with Crippen molar-refractivity contribution in [1.82, 2.24) is 9.55 Å². The molecule has 1 atom stereocenters. The van der Waals surface area contributed by atoms with Crippen molar-refractivity contribution >= 4 is 5.97 Å². The van der Waals surface area contributed by atoms with Crippen molar-refractivity contribution in [3.63, 3.8) is 0 Å². The largest absolute Gasteiger partial charge is 0.469 e. The molecule has 0 radical (unpaired) electrons. The van der Waals surface area contributed by atoms with Crippen LogP contribution in [0.15, 0.2) is 12.5 Å². The fraction of sp³-hybridized carbons (Fsp3) is 0.556. The minimum Gasteiger partial charge on any atom is -0.469 e. The number of hydrogen-bond donors (Lipinski definition) is 0. The predicted octanol–water partition coefficient (Wildman–Crippen LogP) is 0.618. The molecule has 0 aliphatic carbocycles. The van der Waals surface area contributed by atoms with Gasteiger partial charge in [0.1, 0.15) is 0 Å². The van der Waals surface area contributed by atoms with Gasteiger partial charge in [-0.05, 0) is 12.8 Å². The number of aryl methyl sites for hydroxylation is 1. The van der Waals surface area contributed by atoms with E-state index >= 15 is 0 Å². The molecular formula is C9H12N2O2. The molecule has 0 fully saturated rings. The van der Waals surface area contributed by atoms with E-state index in [1.165, 1.54) is 12.8 Å². The van der Waals surface area contributed by atoms with E-state index in [1.807, 2.05) is 10.8 Å². The van der Waals surface area contributed by atoms with Crippen molar-refractivity contribution in [2.24, 2.45) is 5.92 Å². The maximum absolute atomic E-state index is 11.2. The summed E-state index contributed by atoms with van der Waals surface area (Å²) >= 11 is 0. The Morgan fingerprint density at radius 1 is 1.77 bits per heavy atom. The summed E-state index contributed by atoms with van der Waals surface area (Å²) in [6.07, 6.45) is 5.41. The fourth-order valence-corrected chi connectivity index (χ4v) is 1.73. The SMILES string of the molecule is COC(=O)C1CCc2cncn2C1. The Balaban J connectivity index is 2.13. The highest BCUT2D eigenvalue weighted by Crippen LogP contribution is 2.20. The number of nitrogens with zero attached hydrogens (tertiary/aromatic N) is 2. The van der Waals surface area contributed by atoms with Crippen molar-refractivity contribution in [3.05, 3.63) is 18.2 Å². The van der Waals surface area contributed by atoms with Gasteiger partial charge in [0.05, 0.1) is 19.4 Å². The van der Waals surface area contributed by atoms with E-state index < -0.39 is 0 Å². The van der Waals surface area contributed by atoms with E-state index in [1.54, 1.807) is 6.33 Å². The molecule has 0 saturated heterocycles. The summed E-state index contributed by atoms with van der Waals surface area (Å²) in [5, 5.41) is 0. The topological polar surface area (TPSA) is 44.1 Å². The molecular weight excluding hydrogens is 168 g/mol. The smallest absolute Gasteiger partial charge is 0.310 e. The zero-order valence-electron chi connectivity index (χ0n) is 7.56. The molecule has 4 heteroatoms. The maximum Gasteiger partial charge on any atom is 0.310 e. The lowest BCUT2D eigenvalue weighted by molar-refractivity contribution is -0.146. The first-order valence-electron chi connectivity index (χ1n) is 4.38. The van der Waals surface area contributed by atoms with E-state index in [4.69, 9.17) is 4.74 Å². The number of esters is 1. The van der Waals surface area contributed by atoms with Gasteiger partial charge in [0.2, 0.25) is 0 Å². The molecule has 1 aliphatic heterocycles. The van der Waals surface area contributed by atoms with Crippen LogP contribution in [0.5, 0.6) is 0 Å². The molecule has 0 saturated carbocycles. The second-order valence-corrected chi connectivity index (χ2v) is 3.30. The minimum absolute atomic E-state index is 0.00620. The Morgan fingerprint density at radius 3 is 3.38 bits per heavy atom. The number of hydrogen-bond acceptors (Lipinski definition) is 3. The van der Waals surface area contributed by atoms with Gasteiger partial charge in [-0.25, -0.2) is 4.98 Å². The van der Waals surface area contributed by atoms with Gasteiger partial charge in [-0.3, -0.25) is 4.79 Å². The van der Waals surface area contributed by atoms with Crippen LogP contribution in [0, 0.1) is 5.92 Å². The molecule has 0 spiro atoms. The van der Waals surface area contributed by atoms with Crippen LogP contribution in [-0.4, -0.2) is 22.6 Å². The Morgan fingerprint density at radius 2 is 2.62 bits per heavy atom. The molecule has 1 unspecified atom stereocenters. The van der Waals surface area contributed by atoms with Crippen molar-refractivity contribution in [3.8, 4) is 0 Å². The Bertz CT molecular complexity index is 319. The molecule has 1 aromatic rings. The van der Waals surface area contributed by atoms with Crippen LogP contribution in [0.25, 0.3) is 0 Å². The highest BCUT2D eigenvalue weighted by atomic mass is 16.5. The first-order valence-corrected chi connectivity index (χ1v) is 4.38. The molecule has 13 heavy (non-hydrogen) atoms. The average molecular weight is 180 g/mol. The van der Waals surface area contributed by atoms with Crippen molar-refractivity contribution < 1.29 is 9.53 Å². The Labute approximate surface area is 76.5 Å². The van der Waals surface area contributed by atoms with E-state index in [0.29, 0.717) is 6.54 Å². The Hall–Kier alpha value is -1.32. The van der Waals surface area contributed by atoms with Crippen LogP contribution in [0.1, 0.15) is 12.1 Å². The number of ether oxygens (including phenoxy) is 1. The second-order valence-electron chi connectivity index (χ2n) is 3.30. The molecule has 0 N–H and O–H groups in total. The van der Waals surface area contributed by atoms with Crippen LogP contribution in [0.4, 0.5) is 0 Å².